The van der Waals surface area contributed by atoms with Gasteiger partial charge in [0.1, 0.15) is 35.1 Å². The second-order valence-corrected chi connectivity index (χ2v) is 8.81. The van der Waals surface area contributed by atoms with Crippen LogP contribution < -0.4 is 25.3 Å². The molecule has 0 saturated heterocycles. The first-order chi connectivity index (χ1) is 21.1. The molecule has 0 fully saturated rings. The van der Waals surface area contributed by atoms with Gasteiger partial charge in [-0.1, -0.05) is 24.3 Å². The molecular formula is C29H20F6N4O6. The van der Waals surface area contributed by atoms with E-state index in [-0.39, 0.29) is 41.5 Å². The summed E-state index contributed by atoms with van der Waals surface area (Å²) >= 11 is 0. The number of ether oxygens (including phenoxy) is 3. The molecule has 0 bridgehead atoms. The Morgan fingerprint density at radius 1 is 0.689 bits per heavy atom. The van der Waals surface area contributed by atoms with Crippen LogP contribution in [0.25, 0.3) is 0 Å². The summed E-state index contributed by atoms with van der Waals surface area (Å²) in [5, 5.41) is 27.2. The lowest BCUT2D eigenvalue weighted by molar-refractivity contribution is -0.275. The minimum atomic E-state index is -4.77. The van der Waals surface area contributed by atoms with Gasteiger partial charge in [-0.3, -0.25) is 9.59 Å². The predicted molar refractivity (Wildman–Crippen MR) is 144 cm³/mol. The van der Waals surface area contributed by atoms with Crippen molar-refractivity contribution in [3.05, 3.63) is 116 Å². The zero-order valence-electron chi connectivity index (χ0n) is 22.9. The summed E-state index contributed by atoms with van der Waals surface area (Å²) in [6, 6.07) is 16.1. The Morgan fingerprint density at radius 3 is 1.47 bits per heavy atom. The largest absolute Gasteiger partial charge is 0.573 e. The van der Waals surface area contributed by atoms with E-state index in [9.17, 15) is 41.0 Å². The number of nitrogens with zero attached hydrogens (tertiary/aromatic N) is 4. The van der Waals surface area contributed by atoms with Gasteiger partial charge in [-0.2, -0.15) is 10.5 Å². The Balaban J connectivity index is 0.000000246. The summed E-state index contributed by atoms with van der Waals surface area (Å²) in [6.45, 7) is 0.143. The standard InChI is InChI=1S/C15H11F3N2O3.C14H9F3N2O3/c1-22-13-6-7-20(14(21)12(13)8-19)9-10-2-4-11(5-3-10)23-15(16,17)18;15-14(16,17)22-10-3-1-9(2-4-10)8-19-6-5-12(20)11(7-18)13(19)21/h2-7H,9H2,1H3;1-6,20H,8H2. The highest BCUT2D eigenvalue weighted by Gasteiger charge is 2.31. The van der Waals surface area contributed by atoms with Gasteiger partial charge in [-0.15, -0.1) is 26.3 Å². The van der Waals surface area contributed by atoms with Crippen molar-refractivity contribution in [3.8, 4) is 35.1 Å². The SMILES string of the molecule is COc1ccn(Cc2ccc(OC(F)(F)F)cc2)c(=O)c1C#N.N#Cc1c(O)ccn(Cc2ccc(OC(F)(F)F)cc2)c1=O. The van der Waals surface area contributed by atoms with Crippen LogP contribution in [0, 0.1) is 22.7 Å². The van der Waals surface area contributed by atoms with Crippen LogP contribution in [0.2, 0.25) is 0 Å². The average molecular weight is 634 g/mol. The van der Waals surface area contributed by atoms with E-state index in [0.29, 0.717) is 11.1 Å². The average Bonchev–Trinajstić information content (AvgIpc) is 2.96. The van der Waals surface area contributed by atoms with E-state index in [1.165, 1.54) is 60.5 Å². The lowest BCUT2D eigenvalue weighted by Crippen LogP contribution is -2.23. The molecule has 4 rings (SSSR count). The first-order valence-electron chi connectivity index (χ1n) is 12.3. The molecule has 0 atom stereocenters. The molecule has 0 spiro atoms. The summed E-state index contributed by atoms with van der Waals surface area (Å²) in [6.07, 6.45) is -6.78. The lowest BCUT2D eigenvalue weighted by Gasteiger charge is -2.11. The van der Waals surface area contributed by atoms with Crippen molar-refractivity contribution in [1.29, 1.82) is 10.5 Å². The molecule has 10 nitrogen and oxygen atoms in total. The van der Waals surface area contributed by atoms with Crippen molar-refractivity contribution in [1.82, 2.24) is 9.13 Å². The molecule has 0 aliphatic rings. The van der Waals surface area contributed by atoms with Crippen molar-refractivity contribution in [3.63, 3.8) is 0 Å². The molecule has 0 saturated carbocycles. The fourth-order valence-electron chi connectivity index (χ4n) is 3.74. The van der Waals surface area contributed by atoms with Gasteiger partial charge in [0.05, 0.1) is 20.2 Å². The highest BCUT2D eigenvalue weighted by atomic mass is 19.4. The molecule has 0 radical (unpaired) electrons. The maximum absolute atomic E-state index is 12.1. The summed E-state index contributed by atoms with van der Waals surface area (Å²) in [4.78, 5) is 24.0. The van der Waals surface area contributed by atoms with Crippen LogP contribution in [0.4, 0.5) is 26.3 Å². The van der Waals surface area contributed by atoms with Crippen LogP contribution in [-0.4, -0.2) is 34.1 Å². The van der Waals surface area contributed by atoms with E-state index in [0.717, 1.165) is 28.8 Å². The van der Waals surface area contributed by atoms with Crippen molar-refractivity contribution in [2.45, 2.75) is 25.8 Å². The second kappa shape index (κ2) is 14.0. The van der Waals surface area contributed by atoms with E-state index in [1.807, 2.05) is 0 Å². The Bertz CT molecular complexity index is 1840. The van der Waals surface area contributed by atoms with Crippen LogP contribution in [0.3, 0.4) is 0 Å². The van der Waals surface area contributed by atoms with E-state index < -0.39 is 29.6 Å². The first-order valence-corrected chi connectivity index (χ1v) is 12.3. The van der Waals surface area contributed by atoms with Crippen molar-refractivity contribution in [2.24, 2.45) is 0 Å². The van der Waals surface area contributed by atoms with Crippen molar-refractivity contribution >= 4 is 0 Å². The van der Waals surface area contributed by atoms with Gasteiger partial charge in [-0.05, 0) is 47.5 Å². The van der Waals surface area contributed by atoms with E-state index in [4.69, 9.17) is 15.3 Å². The molecule has 2 heterocycles. The van der Waals surface area contributed by atoms with Crippen LogP contribution in [-0.2, 0) is 13.1 Å². The fourth-order valence-corrected chi connectivity index (χ4v) is 3.74. The van der Waals surface area contributed by atoms with Crippen molar-refractivity contribution in [2.75, 3.05) is 7.11 Å². The highest BCUT2D eigenvalue weighted by Crippen LogP contribution is 2.24. The lowest BCUT2D eigenvalue weighted by atomic mass is 10.2. The zero-order chi connectivity index (χ0) is 33.4. The number of aromatic hydroxyl groups is 1. The minimum Gasteiger partial charge on any atom is -0.506 e. The van der Waals surface area contributed by atoms with Gasteiger partial charge in [0, 0.05) is 12.4 Å². The molecule has 2 aromatic heterocycles. The Kier molecular flexibility index (Phi) is 10.5. The van der Waals surface area contributed by atoms with Crippen molar-refractivity contribution < 1.29 is 45.7 Å². The molecule has 45 heavy (non-hydrogen) atoms. The summed E-state index contributed by atoms with van der Waals surface area (Å²) in [7, 11) is 1.35. The first kappa shape index (κ1) is 33.6. The summed E-state index contributed by atoms with van der Waals surface area (Å²) in [5.74, 6) is -0.964. The summed E-state index contributed by atoms with van der Waals surface area (Å²) < 4.78 is 87.2. The predicted octanol–water partition coefficient (Wildman–Crippen LogP) is 5.05. The number of alkyl halides is 6. The van der Waals surface area contributed by atoms with Crippen LogP contribution in [0.5, 0.6) is 23.0 Å². The van der Waals surface area contributed by atoms with Gasteiger partial charge < -0.3 is 28.5 Å². The number of methoxy groups -OCH3 is 1. The fraction of sp³-hybridized carbons (Fsp3) is 0.172. The number of benzene rings is 2. The molecular weight excluding hydrogens is 614 g/mol. The van der Waals surface area contributed by atoms with Gasteiger partial charge in [0.25, 0.3) is 11.1 Å². The molecule has 2 aromatic carbocycles. The van der Waals surface area contributed by atoms with E-state index in [2.05, 4.69) is 9.47 Å². The number of rotatable bonds is 7. The molecule has 0 aliphatic heterocycles. The molecule has 0 aliphatic carbocycles. The molecule has 4 aromatic rings. The number of pyridine rings is 2. The number of halogens is 6. The van der Waals surface area contributed by atoms with Gasteiger partial charge in [0.2, 0.25) is 0 Å². The molecule has 16 heteroatoms. The normalized spacial score (nSPS) is 11.0. The quantitative estimate of drug-likeness (QED) is 0.279. The van der Waals surface area contributed by atoms with E-state index in [1.54, 1.807) is 12.1 Å². The molecule has 1 N–H and O–H groups in total. The minimum absolute atomic E-state index is 0.0418. The molecule has 0 amide bonds. The number of hydrogen-bond donors (Lipinski definition) is 1. The monoisotopic (exact) mass is 634 g/mol. The highest BCUT2D eigenvalue weighted by molar-refractivity contribution is 5.41. The number of aromatic nitrogens is 2. The van der Waals surface area contributed by atoms with Gasteiger partial charge >= 0.3 is 12.7 Å². The summed E-state index contributed by atoms with van der Waals surface area (Å²) in [5.41, 5.74) is -0.631. The maximum atomic E-state index is 12.1. The zero-order valence-corrected chi connectivity index (χ0v) is 22.9. The maximum Gasteiger partial charge on any atom is 0.573 e. The smallest absolute Gasteiger partial charge is 0.506 e. The van der Waals surface area contributed by atoms with Crippen LogP contribution in [0.15, 0.2) is 82.6 Å². The number of nitriles is 2. The third-order valence-corrected chi connectivity index (χ3v) is 5.73. The van der Waals surface area contributed by atoms with Gasteiger partial charge in [-0.25, -0.2) is 0 Å². The third-order valence-electron chi connectivity index (χ3n) is 5.73. The molecule has 234 valence electrons. The molecule has 0 unspecified atom stereocenters. The topological polar surface area (TPSA) is 140 Å². The second-order valence-electron chi connectivity index (χ2n) is 8.81. The number of hydrogen-bond acceptors (Lipinski definition) is 8. The van der Waals surface area contributed by atoms with Crippen LogP contribution >= 0.6 is 0 Å². The van der Waals surface area contributed by atoms with Crippen LogP contribution in [0.1, 0.15) is 22.3 Å². The van der Waals surface area contributed by atoms with E-state index >= 15 is 0 Å². The Morgan fingerprint density at radius 2 is 1.09 bits per heavy atom. The van der Waals surface area contributed by atoms with Gasteiger partial charge in [0.15, 0.2) is 11.1 Å². The Hall–Kier alpha value is -5.90. The third kappa shape index (κ3) is 9.55. The Labute approximate surface area is 249 Å².